The predicted molar refractivity (Wildman–Crippen MR) is 81.1 cm³/mol. The van der Waals surface area contributed by atoms with E-state index in [0.29, 0.717) is 23.8 Å². The summed E-state index contributed by atoms with van der Waals surface area (Å²) in [5.74, 6) is 0.509. The lowest BCUT2D eigenvalue weighted by atomic mass is 9.94. The summed E-state index contributed by atoms with van der Waals surface area (Å²) in [5.41, 5.74) is 2.20. The fourth-order valence-electron chi connectivity index (χ4n) is 2.12. The van der Waals surface area contributed by atoms with Crippen molar-refractivity contribution in [1.29, 1.82) is 5.26 Å². The van der Waals surface area contributed by atoms with Crippen LogP contribution in [0.15, 0.2) is 48.5 Å². The number of hydrogen-bond donors (Lipinski definition) is 0. The molecule has 2 rings (SSSR count). The van der Waals surface area contributed by atoms with Gasteiger partial charge in [0.05, 0.1) is 23.6 Å². The van der Waals surface area contributed by atoms with E-state index in [1.807, 2.05) is 49.4 Å². The Morgan fingerprint density at radius 3 is 2.55 bits per heavy atom. The molecular weight excluding hydrogens is 270 g/mol. The lowest BCUT2D eigenvalue weighted by Gasteiger charge is -2.13. The van der Waals surface area contributed by atoms with Crippen LogP contribution < -0.4 is 4.74 Å². The van der Waals surface area contributed by atoms with E-state index < -0.39 is 0 Å². The molecule has 0 aliphatic carbocycles. The highest BCUT2D eigenvalue weighted by atomic mass is 35.5. The maximum Gasteiger partial charge on any atom is 0.137 e. The number of benzene rings is 2. The smallest absolute Gasteiger partial charge is 0.137 e. The van der Waals surface area contributed by atoms with Gasteiger partial charge in [-0.1, -0.05) is 48.0 Å². The van der Waals surface area contributed by atoms with Gasteiger partial charge < -0.3 is 4.74 Å². The molecule has 0 aliphatic rings. The Labute approximate surface area is 124 Å². The molecule has 0 fully saturated rings. The van der Waals surface area contributed by atoms with Gasteiger partial charge in [0.1, 0.15) is 5.75 Å². The van der Waals surface area contributed by atoms with Crippen LogP contribution in [0.2, 0.25) is 5.02 Å². The van der Waals surface area contributed by atoms with Gasteiger partial charge in [0.25, 0.3) is 0 Å². The third-order valence-electron chi connectivity index (χ3n) is 3.22. The van der Waals surface area contributed by atoms with Gasteiger partial charge in [-0.3, -0.25) is 0 Å². The van der Waals surface area contributed by atoms with Crippen molar-refractivity contribution in [3.63, 3.8) is 0 Å². The van der Waals surface area contributed by atoms with Crippen LogP contribution in [-0.2, 0) is 0 Å². The van der Waals surface area contributed by atoms with E-state index >= 15 is 0 Å². The zero-order valence-electron chi connectivity index (χ0n) is 11.3. The van der Waals surface area contributed by atoms with Gasteiger partial charge in [-0.15, -0.1) is 0 Å². The average Bonchev–Trinajstić information content (AvgIpc) is 2.46. The van der Waals surface area contributed by atoms with Crippen molar-refractivity contribution < 1.29 is 4.74 Å². The second kappa shape index (κ2) is 6.98. The molecule has 2 nitrogen and oxygen atoms in total. The second-order valence-electron chi connectivity index (χ2n) is 4.61. The summed E-state index contributed by atoms with van der Waals surface area (Å²) in [6.45, 7) is 2.49. The Balaban J connectivity index is 1.98. The van der Waals surface area contributed by atoms with Crippen molar-refractivity contribution >= 4 is 11.6 Å². The van der Waals surface area contributed by atoms with E-state index in [4.69, 9.17) is 16.3 Å². The first-order valence-corrected chi connectivity index (χ1v) is 6.92. The first-order valence-electron chi connectivity index (χ1n) is 6.55. The number of ether oxygens (including phenoxy) is 1. The quantitative estimate of drug-likeness (QED) is 0.796. The number of hydrogen-bond acceptors (Lipinski definition) is 2. The Kier molecular flexibility index (Phi) is 5.03. The molecule has 0 heterocycles. The molecule has 0 saturated heterocycles. The van der Waals surface area contributed by atoms with E-state index in [1.165, 1.54) is 0 Å². The number of para-hydroxylation sites is 1. The standard InChI is InChI=1S/C17H16ClNO/c1-13-6-2-3-7-15(13)14(12-19)10-11-20-17-9-5-4-8-16(17)18/h2-9,14H,10-11H2,1H3. The average molecular weight is 286 g/mol. The number of rotatable bonds is 5. The molecule has 0 amide bonds. The summed E-state index contributed by atoms with van der Waals surface area (Å²) >= 11 is 6.03. The molecule has 2 aromatic carbocycles. The molecule has 102 valence electrons. The lowest BCUT2D eigenvalue weighted by Crippen LogP contribution is -2.06. The van der Waals surface area contributed by atoms with Crippen LogP contribution in [0.1, 0.15) is 23.5 Å². The summed E-state index contributed by atoms with van der Waals surface area (Å²) in [6, 6.07) is 17.7. The van der Waals surface area contributed by atoms with Gasteiger partial charge in [-0.25, -0.2) is 0 Å². The Hall–Kier alpha value is -1.98. The van der Waals surface area contributed by atoms with Gasteiger partial charge in [-0.2, -0.15) is 5.26 Å². The highest BCUT2D eigenvalue weighted by Gasteiger charge is 2.13. The van der Waals surface area contributed by atoms with E-state index in [9.17, 15) is 5.26 Å². The topological polar surface area (TPSA) is 33.0 Å². The van der Waals surface area contributed by atoms with Crippen molar-refractivity contribution in [3.05, 3.63) is 64.7 Å². The van der Waals surface area contributed by atoms with Crippen molar-refractivity contribution in [2.24, 2.45) is 0 Å². The molecule has 0 bridgehead atoms. The Morgan fingerprint density at radius 2 is 1.85 bits per heavy atom. The third-order valence-corrected chi connectivity index (χ3v) is 3.53. The Morgan fingerprint density at radius 1 is 1.15 bits per heavy atom. The number of aryl methyl sites for hydroxylation is 1. The molecule has 0 N–H and O–H groups in total. The van der Waals surface area contributed by atoms with Gasteiger partial charge in [0.2, 0.25) is 0 Å². The van der Waals surface area contributed by atoms with E-state index in [-0.39, 0.29) is 5.92 Å². The zero-order chi connectivity index (χ0) is 14.4. The van der Waals surface area contributed by atoms with E-state index in [0.717, 1.165) is 11.1 Å². The van der Waals surface area contributed by atoms with Crippen molar-refractivity contribution in [2.75, 3.05) is 6.61 Å². The lowest BCUT2D eigenvalue weighted by molar-refractivity contribution is 0.306. The van der Waals surface area contributed by atoms with E-state index in [2.05, 4.69) is 6.07 Å². The van der Waals surface area contributed by atoms with Crippen molar-refractivity contribution in [3.8, 4) is 11.8 Å². The van der Waals surface area contributed by atoms with Crippen LogP contribution in [-0.4, -0.2) is 6.61 Å². The van der Waals surface area contributed by atoms with Gasteiger partial charge >= 0.3 is 0 Å². The van der Waals surface area contributed by atoms with Crippen LogP contribution in [0.3, 0.4) is 0 Å². The first-order chi connectivity index (χ1) is 9.72. The SMILES string of the molecule is Cc1ccccc1C(C#N)CCOc1ccccc1Cl. The van der Waals surface area contributed by atoms with E-state index in [1.54, 1.807) is 6.07 Å². The molecule has 20 heavy (non-hydrogen) atoms. The molecule has 1 unspecified atom stereocenters. The van der Waals surface area contributed by atoms with Gasteiger partial charge in [0, 0.05) is 6.42 Å². The summed E-state index contributed by atoms with van der Waals surface area (Å²) in [6.07, 6.45) is 0.645. The van der Waals surface area contributed by atoms with Crippen LogP contribution in [0.25, 0.3) is 0 Å². The van der Waals surface area contributed by atoms with Gasteiger partial charge in [0.15, 0.2) is 0 Å². The molecule has 0 aliphatic heterocycles. The molecular formula is C17H16ClNO. The maximum absolute atomic E-state index is 9.32. The fourth-order valence-corrected chi connectivity index (χ4v) is 2.31. The predicted octanol–water partition coefficient (Wildman–Crippen LogP) is 4.72. The molecule has 0 spiro atoms. The second-order valence-corrected chi connectivity index (χ2v) is 5.01. The number of nitriles is 1. The minimum atomic E-state index is -0.154. The molecule has 0 radical (unpaired) electrons. The summed E-state index contributed by atoms with van der Waals surface area (Å²) in [5, 5.41) is 9.92. The highest BCUT2D eigenvalue weighted by molar-refractivity contribution is 6.32. The van der Waals surface area contributed by atoms with Crippen LogP contribution >= 0.6 is 11.6 Å². The minimum Gasteiger partial charge on any atom is -0.492 e. The molecule has 0 aromatic heterocycles. The summed E-state index contributed by atoms with van der Waals surface area (Å²) in [4.78, 5) is 0. The normalized spacial score (nSPS) is 11.7. The Bertz CT molecular complexity index is 618. The fraction of sp³-hybridized carbons (Fsp3) is 0.235. The molecule has 1 atom stereocenters. The maximum atomic E-state index is 9.32. The summed E-state index contributed by atoms with van der Waals surface area (Å²) in [7, 11) is 0. The highest BCUT2D eigenvalue weighted by Crippen LogP contribution is 2.26. The summed E-state index contributed by atoms with van der Waals surface area (Å²) < 4.78 is 5.65. The zero-order valence-corrected chi connectivity index (χ0v) is 12.1. The van der Waals surface area contributed by atoms with Crippen LogP contribution in [0.5, 0.6) is 5.75 Å². The number of halogens is 1. The van der Waals surface area contributed by atoms with Gasteiger partial charge in [-0.05, 0) is 30.2 Å². The molecule has 0 saturated carbocycles. The monoisotopic (exact) mass is 285 g/mol. The third kappa shape index (κ3) is 3.53. The number of nitrogens with zero attached hydrogens (tertiary/aromatic N) is 1. The first kappa shape index (κ1) is 14.4. The van der Waals surface area contributed by atoms with Crippen LogP contribution in [0.4, 0.5) is 0 Å². The minimum absolute atomic E-state index is 0.154. The molecule has 2 aromatic rings. The largest absolute Gasteiger partial charge is 0.492 e. The molecule has 3 heteroatoms. The van der Waals surface area contributed by atoms with Crippen molar-refractivity contribution in [2.45, 2.75) is 19.3 Å². The van der Waals surface area contributed by atoms with Crippen LogP contribution in [0, 0.1) is 18.3 Å². The van der Waals surface area contributed by atoms with Crippen molar-refractivity contribution in [1.82, 2.24) is 0 Å².